The highest BCUT2D eigenvalue weighted by molar-refractivity contribution is 6.35. The van der Waals surface area contributed by atoms with Gasteiger partial charge >= 0.3 is 5.97 Å². The van der Waals surface area contributed by atoms with Gasteiger partial charge in [-0.15, -0.1) is 0 Å². The Hall–Kier alpha value is -2.19. The molecule has 0 spiro atoms. The van der Waals surface area contributed by atoms with Crippen molar-refractivity contribution in [1.29, 1.82) is 0 Å². The molecule has 2 N–H and O–H groups in total. The van der Waals surface area contributed by atoms with Gasteiger partial charge in [0.2, 0.25) is 0 Å². The van der Waals surface area contributed by atoms with Gasteiger partial charge in [-0.25, -0.2) is 4.79 Å². The lowest BCUT2D eigenvalue weighted by Crippen LogP contribution is -2.43. The summed E-state index contributed by atoms with van der Waals surface area (Å²) in [6.07, 6.45) is 0. The zero-order valence-electron chi connectivity index (χ0n) is 10.3. The molecule has 9 heteroatoms. The van der Waals surface area contributed by atoms with Crippen molar-refractivity contribution in [2.45, 2.75) is 6.04 Å². The number of carbonyl (C=O) groups excluding carboxylic acids is 1. The Balaban J connectivity index is 3.00. The number of methoxy groups -OCH3 is 1. The number of ether oxygens (including phenoxy) is 1. The molecule has 20 heavy (non-hydrogen) atoms. The maximum absolute atomic E-state index is 11.9. The maximum Gasteiger partial charge on any atom is 0.328 e. The minimum atomic E-state index is -1.29. The maximum atomic E-state index is 11.9. The molecule has 108 valence electrons. The molecule has 0 saturated heterocycles. The summed E-state index contributed by atoms with van der Waals surface area (Å²) in [6, 6.07) is 2.41. The highest BCUT2D eigenvalue weighted by Crippen LogP contribution is 2.27. The standard InChI is InChI=1S/C11H11ClN2O6/c1-20-5-7(11(16)17)13-10(15)6-3-2-4-8(9(6)12)14(18)19/h2-4,7H,5H2,1H3,(H,13,15)(H,16,17). The van der Waals surface area contributed by atoms with Crippen LogP contribution in [0.5, 0.6) is 0 Å². The molecule has 0 fully saturated rings. The van der Waals surface area contributed by atoms with Crippen molar-refractivity contribution in [3.05, 3.63) is 38.9 Å². The number of aliphatic carboxylic acids is 1. The van der Waals surface area contributed by atoms with E-state index < -0.39 is 28.5 Å². The van der Waals surface area contributed by atoms with Gasteiger partial charge in [-0.05, 0) is 6.07 Å². The van der Waals surface area contributed by atoms with Crippen LogP contribution < -0.4 is 5.32 Å². The number of nitro benzene ring substituents is 1. The average Bonchev–Trinajstić information content (AvgIpc) is 2.37. The van der Waals surface area contributed by atoms with Crippen LogP contribution >= 0.6 is 11.6 Å². The predicted octanol–water partition coefficient (Wildman–Crippen LogP) is 1.08. The van der Waals surface area contributed by atoms with E-state index in [2.05, 4.69) is 10.1 Å². The summed E-state index contributed by atoms with van der Waals surface area (Å²) in [5.74, 6) is -2.12. The van der Waals surface area contributed by atoms with Crippen molar-refractivity contribution in [3.63, 3.8) is 0 Å². The van der Waals surface area contributed by atoms with Gasteiger partial charge in [0.1, 0.15) is 5.02 Å². The third kappa shape index (κ3) is 3.65. The highest BCUT2D eigenvalue weighted by atomic mass is 35.5. The molecule has 1 amide bonds. The fraction of sp³-hybridized carbons (Fsp3) is 0.273. The summed E-state index contributed by atoms with van der Waals surface area (Å²) in [5.41, 5.74) is -0.610. The van der Waals surface area contributed by atoms with Crippen molar-refractivity contribution in [1.82, 2.24) is 5.32 Å². The summed E-state index contributed by atoms with van der Waals surface area (Å²) in [6.45, 7) is -0.242. The Bertz CT molecular complexity index is 548. The number of hydrogen-bond donors (Lipinski definition) is 2. The first kappa shape index (κ1) is 15.9. The second-order valence-corrected chi connectivity index (χ2v) is 4.09. The van der Waals surface area contributed by atoms with Gasteiger partial charge in [-0.1, -0.05) is 17.7 Å². The van der Waals surface area contributed by atoms with Crippen molar-refractivity contribution >= 4 is 29.2 Å². The number of rotatable bonds is 6. The molecule has 1 aromatic carbocycles. The van der Waals surface area contributed by atoms with Gasteiger partial charge < -0.3 is 15.2 Å². The van der Waals surface area contributed by atoms with Crippen LogP contribution in [-0.4, -0.2) is 41.7 Å². The summed E-state index contributed by atoms with van der Waals surface area (Å²) in [4.78, 5) is 32.7. The first-order chi connectivity index (χ1) is 9.38. The number of amides is 1. The van der Waals surface area contributed by atoms with Crippen LogP contribution in [0.4, 0.5) is 5.69 Å². The molecule has 8 nitrogen and oxygen atoms in total. The van der Waals surface area contributed by atoms with E-state index in [1.807, 2.05) is 0 Å². The van der Waals surface area contributed by atoms with E-state index in [4.69, 9.17) is 16.7 Å². The van der Waals surface area contributed by atoms with Crippen molar-refractivity contribution in [2.24, 2.45) is 0 Å². The second-order valence-electron chi connectivity index (χ2n) is 3.72. The zero-order chi connectivity index (χ0) is 15.3. The minimum absolute atomic E-state index is 0.178. The van der Waals surface area contributed by atoms with Gasteiger partial charge in [0, 0.05) is 13.2 Å². The monoisotopic (exact) mass is 302 g/mol. The van der Waals surface area contributed by atoms with E-state index >= 15 is 0 Å². The topological polar surface area (TPSA) is 119 Å². The number of nitro groups is 1. The van der Waals surface area contributed by atoms with Gasteiger partial charge in [-0.2, -0.15) is 0 Å². The molecule has 1 atom stereocenters. The number of nitrogens with one attached hydrogen (secondary N) is 1. The molecular weight excluding hydrogens is 292 g/mol. The van der Waals surface area contributed by atoms with Crippen LogP contribution in [0.2, 0.25) is 5.02 Å². The fourth-order valence-corrected chi connectivity index (χ4v) is 1.69. The van der Waals surface area contributed by atoms with Crippen molar-refractivity contribution < 1.29 is 24.4 Å². The Kier molecular flexibility index (Phi) is 5.42. The van der Waals surface area contributed by atoms with Crippen LogP contribution in [0, 0.1) is 10.1 Å². The Labute approximate surface area is 118 Å². The van der Waals surface area contributed by atoms with Crippen LogP contribution in [0.3, 0.4) is 0 Å². The lowest BCUT2D eigenvalue weighted by molar-refractivity contribution is -0.384. The number of halogens is 1. The Morgan fingerprint density at radius 1 is 1.55 bits per heavy atom. The number of carboxylic acids is 1. The second kappa shape index (κ2) is 6.83. The highest BCUT2D eigenvalue weighted by Gasteiger charge is 2.24. The number of carbonyl (C=O) groups is 2. The predicted molar refractivity (Wildman–Crippen MR) is 68.9 cm³/mol. The van der Waals surface area contributed by atoms with Crippen LogP contribution in [-0.2, 0) is 9.53 Å². The number of hydrogen-bond acceptors (Lipinski definition) is 5. The van der Waals surface area contributed by atoms with Crippen molar-refractivity contribution in [3.8, 4) is 0 Å². The number of carboxylic acid groups (broad SMARTS) is 1. The summed E-state index contributed by atoms with van der Waals surface area (Å²) < 4.78 is 4.66. The fourth-order valence-electron chi connectivity index (χ4n) is 1.41. The Morgan fingerprint density at radius 2 is 2.20 bits per heavy atom. The van der Waals surface area contributed by atoms with E-state index in [9.17, 15) is 19.7 Å². The van der Waals surface area contributed by atoms with E-state index in [0.717, 1.165) is 6.07 Å². The smallest absolute Gasteiger partial charge is 0.328 e. The molecule has 0 radical (unpaired) electrons. The molecule has 0 aromatic heterocycles. The van der Waals surface area contributed by atoms with Gasteiger partial charge in [0.05, 0.1) is 17.1 Å². The van der Waals surface area contributed by atoms with Crippen LogP contribution in [0.15, 0.2) is 18.2 Å². The van der Waals surface area contributed by atoms with Gasteiger partial charge in [-0.3, -0.25) is 14.9 Å². The quantitative estimate of drug-likeness (QED) is 0.599. The van der Waals surface area contributed by atoms with Gasteiger partial charge in [0.25, 0.3) is 11.6 Å². The average molecular weight is 303 g/mol. The molecule has 1 aromatic rings. The van der Waals surface area contributed by atoms with E-state index in [-0.39, 0.29) is 17.2 Å². The van der Waals surface area contributed by atoms with E-state index in [1.165, 1.54) is 19.2 Å². The van der Waals surface area contributed by atoms with Gasteiger partial charge in [0.15, 0.2) is 6.04 Å². The largest absolute Gasteiger partial charge is 0.480 e. The van der Waals surface area contributed by atoms with E-state index in [0.29, 0.717) is 0 Å². The first-order valence-electron chi connectivity index (χ1n) is 5.34. The third-order valence-electron chi connectivity index (χ3n) is 2.36. The lowest BCUT2D eigenvalue weighted by atomic mass is 10.1. The molecule has 1 rings (SSSR count). The molecule has 1 unspecified atom stereocenters. The minimum Gasteiger partial charge on any atom is -0.480 e. The molecule has 0 aliphatic carbocycles. The summed E-state index contributed by atoms with van der Waals surface area (Å²) >= 11 is 5.76. The van der Waals surface area contributed by atoms with Crippen LogP contribution in [0.25, 0.3) is 0 Å². The normalized spacial score (nSPS) is 11.7. The lowest BCUT2D eigenvalue weighted by Gasteiger charge is -2.13. The SMILES string of the molecule is COCC(NC(=O)c1cccc([N+](=O)[O-])c1Cl)C(=O)O. The third-order valence-corrected chi connectivity index (χ3v) is 2.75. The summed E-state index contributed by atoms with van der Waals surface area (Å²) in [5, 5.41) is 21.4. The first-order valence-corrected chi connectivity index (χ1v) is 5.71. The molecule has 0 bridgehead atoms. The Morgan fingerprint density at radius 3 is 2.70 bits per heavy atom. The van der Waals surface area contributed by atoms with Crippen molar-refractivity contribution in [2.75, 3.05) is 13.7 Å². The summed E-state index contributed by atoms with van der Waals surface area (Å²) in [7, 11) is 1.28. The number of nitrogens with zero attached hydrogens (tertiary/aromatic N) is 1. The molecular formula is C11H11ClN2O6. The molecule has 0 heterocycles. The molecule has 0 saturated carbocycles. The van der Waals surface area contributed by atoms with E-state index in [1.54, 1.807) is 0 Å². The van der Waals surface area contributed by atoms with Crippen LogP contribution in [0.1, 0.15) is 10.4 Å². The number of benzene rings is 1. The molecule has 0 aliphatic rings. The zero-order valence-corrected chi connectivity index (χ0v) is 11.1. The molecule has 0 aliphatic heterocycles.